The second-order valence-corrected chi connectivity index (χ2v) is 5.17. The highest BCUT2D eigenvalue weighted by molar-refractivity contribution is 5.91. The number of carbonyl (C=O) groups excluding carboxylic acids is 1. The van der Waals surface area contributed by atoms with Crippen LogP contribution in [0.2, 0.25) is 0 Å². The lowest BCUT2D eigenvalue weighted by Gasteiger charge is -2.10. The van der Waals surface area contributed by atoms with Crippen molar-refractivity contribution in [3.05, 3.63) is 60.2 Å². The van der Waals surface area contributed by atoms with E-state index in [1.54, 1.807) is 0 Å². The van der Waals surface area contributed by atoms with Crippen molar-refractivity contribution in [1.29, 1.82) is 0 Å². The Balaban J connectivity index is 1.66. The van der Waals surface area contributed by atoms with E-state index in [1.165, 1.54) is 0 Å². The molecule has 1 aromatic heterocycles. The number of hydrogen-bond donors (Lipinski definition) is 2. The minimum Gasteiger partial charge on any atom is -0.324 e. The summed E-state index contributed by atoms with van der Waals surface area (Å²) in [6.07, 6.45) is 0.432. The van der Waals surface area contributed by atoms with E-state index >= 15 is 0 Å². The van der Waals surface area contributed by atoms with E-state index < -0.39 is 0 Å². The molecule has 2 N–H and O–H groups in total. The molecule has 3 rings (SSSR count). The van der Waals surface area contributed by atoms with Gasteiger partial charge >= 0.3 is 0 Å². The molecule has 0 aliphatic heterocycles. The van der Waals surface area contributed by atoms with Gasteiger partial charge in [0, 0.05) is 6.42 Å². The van der Waals surface area contributed by atoms with Crippen LogP contribution >= 0.6 is 0 Å². The lowest BCUT2D eigenvalue weighted by atomic mass is 9.98. The molecule has 21 heavy (non-hydrogen) atoms. The summed E-state index contributed by atoms with van der Waals surface area (Å²) in [5.41, 5.74) is 2.94. The van der Waals surface area contributed by atoms with E-state index in [1.807, 2.05) is 61.5 Å². The van der Waals surface area contributed by atoms with Crippen molar-refractivity contribution in [2.24, 2.45) is 0 Å². The topological polar surface area (TPSA) is 57.8 Å². The maximum atomic E-state index is 12.1. The van der Waals surface area contributed by atoms with Crippen LogP contribution in [0.15, 0.2) is 54.6 Å². The third-order valence-corrected chi connectivity index (χ3v) is 3.51. The summed E-state index contributed by atoms with van der Waals surface area (Å²) in [5.74, 6) is 0.641. The van der Waals surface area contributed by atoms with Crippen LogP contribution < -0.4 is 5.32 Å². The first-order valence-electron chi connectivity index (χ1n) is 7.02. The molecule has 0 bridgehead atoms. The molecular weight excluding hydrogens is 262 g/mol. The van der Waals surface area contributed by atoms with Gasteiger partial charge in [-0.15, -0.1) is 0 Å². The Morgan fingerprint density at radius 3 is 2.62 bits per heavy atom. The third-order valence-electron chi connectivity index (χ3n) is 3.51. The van der Waals surface area contributed by atoms with Crippen molar-refractivity contribution in [1.82, 2.24) is 9.97 Å². The number of hydrogen-bond acceptors (Lipinski definition) is 2. The van der Waals surface area contributed by atoms with Crippen molar-refractivity contribution in [3.63, 3.8) is 0 Å². The lowest BCUT2D eigenvalue weighted by Crippen LogP contribution is -2.15. The quantitative estimate of drug-likeness (QED) is 0.765. The van der Waals surface area contributed by atoms with E-state index in [0.29, 0.717) is 12.4 Å². The molecule has 3 aromatic rings. The van der Waals surface area contributed by atoms with Gasteiger partial charge in [0.05, 0.1) is 11.0 Å². The van der Waals surface area contributed by atoms with Gasteiger partial charge in [-0.05, 0) is 23.6 Å². The average molecular weight is 279 g/mol. The van der Waals surface area contributed by atoms with E-state index in [9.17, 15) is 4.79 Å². The Morgan fingerprint density at radius 2 is 1.86 bits per heavy atom. The summed E-state index contributed by atoms with van der Waals surface area (Å²) in [5, 5.41) is 2.83. The molecule has 0 fully saturated rings. The Bertz CT molecular complexity index is 716. The van der Waals surface area contributed by atoms with Gasteiger partial charge in [0.1, 0.15) is 0 Å². The van der Waals surface area contributed by atoms with Crippen molar-refractivity contribution < 1.29 is 4.79 Å². The summed E-state index contributed by atoms with van der Waals surface area (Å²) < 4.78 is 0. The van der Waals surface area contributed by atoms with Gasteiger partial charge in [-0.3, -0.25) is 10.1 Å². The number of imidazole rings is 1. The first-order valence-corrected chi connectivity index (χ1v) is 7.02. The van der Waals surface area contributed by atoms with Crippen LogP contribution in [-0.2, 0) is 4.79 Å². The Kier molecular flexibility index (Phi) is 3.69. The molecule has 0 saturated heterocycles. The number of carbonyl (C=O) groups is 1. The zero-order valence-corrected chi connectivity index (χ0v) is 11.8. The van der Waals surface area contributed by atoms with Crippen LogP contribution in [0.5, 0.6) is 0 Å². The summed E-state index contributed by atoms with van der Waals surface area (Å²) in [4.78, 5) is 19.5. The molecule has 0 saturated carbocycles. The number of benzene rings is 2. The highest BCUT2D eigenvalue weighted by atomic mass is 16.1. The largest absolute Gasteiger partial charge is 0.324 e. The van der Waals surface area contributed by atoms with Gasteiger partial charge in [-0.25, -0.2) is 4.98 Å². The monoisotopic (exact) mass is 279 g/mol. The molecule has 0 aliphatic rings. The van der Waals surface area contributed by atoms with Gasteiger partial charge in [-0.1, -0.05) is 49.4 Å². The SMILES string of the molecule is C[C@@H](CC(=O)Nc1nc2ccccc2[nH]1)c1ccccc1. The fourth-order valence-electron chi connectivity index (χ4n) is 2.37. The zero-order valence-electron chi connectivity index (χ0n) is 11.8. The fourth-order valence-corrected chi connectivity index (χ4v) is 2.37. The summed E-state index contributed by atoms with van der Waals surface area (Å²) in [6.45, 7) is 2.05. The summed E-state index contributed by atoms with van der Waals surface area (Å²) in [7, 11) is 0. The first kappa shape index (κ1) is 13.4. The molecule has 0 aliphatic carbocycles. The minimum atomic E-state index is -0.0367. The van der Waals surface area contributed by atoms with Crippen LogP contribution in [0.4, 0.5) is 5.95 Å². The van der Waals surface area contributed by atoms with Crippen molar-refractivity contribution in [3.8, 4) is 0 Å². The van der Waals surface area contributed by atoms with Crippen molar-refractivity contribution in [2.45, 2.75) is 19.3 Å². The molecule has 0 unspecified atom stereocenters. The maximum absolute atomic E-state index is 12.1. The molecule has 1 atom stereocenters. The van der Waals surface area contributed by atoms with Gasteiger partial charge < -0.3 is 4.98 Å². The smallest absolute Gasteiger partial charge is 0.227 e. The molecule has 106 valence electrons. The standard InChI is InChI=1S/C17H17N3O/c1-12(13-7-3-2-4-8-13)11-16(21)20-17-18-14-9-5-6-10-15(14)19-17/h2-10,12H,11H2,1H3,(H2,18,19,20,21)/t12-/m0/s1. The van der Waals surface area contributed by atoms with Crippen LogP contribution in [0.25, 0.3) is 11.0 Å². The zero-order chi connectivity index (χ0) is 14.7. The molecule has 4 nitrogen and oxygen atoms in total. The van der Waals surface area contributed by atoms with Crippen molar-refractivity contribution in [2.75, 3.05) is 5.32 Å². The third kappa shape index (κ3) is 3.11. The summed E-state index contributed by atoms with van der Waals surface area (Å²) >= 11 is 0. The lowest BCUT2D eigenvalue weighted by molar-refractivity contribution is -0.116. The highest BCUT2D eigenvalue weighted by Gasteiger charge is 2.12. The Morgan fingerprint density at radius 1 is 1.14 bits per heavy atom. The number of H-pyrrole nitrogens is 1. The van der Waals surface area contributed by atoms with Crippen LogP contribution in [0.1, 0.15) is 24.8 Å². The molecule has 4 heteroatoms. The van der Waals surface area contributed by atoms with E-state index in [0.717, 1.165) is 16.6 Å². The van der Waals surface area contributed by atoms with E-state index in [-0.39, 0.29) is 11.8 Å². The molecular formula is C17H17N3O. The number of fused-ring (bicyclic) bond motifs is 1. The molecule has 0 spiro atoms. The Hall–Kier alpha value is -2.62. The number of aromatic amines is 1. The van der Waals surface area contributed by atoms with Gasteiger partial charge in [0.25, 0.3) is 0 Å². The van der Waals surface area contributed by atoms with Crippen LogP contribution in [0, 0.1) is 0 Å². The predicted octanol–water partition coefficient (Wildman–Crippen LogP) is 3.70. The van der Waals surface area contributed by atoms with E-state index in [4.69, 9.17) is 0 Å². The summed E-state index contributed by atoms with van der Waals surface area (Å²) in [6, 6.07) is 17.7. The normalized spacial score (nSPS) is 12.2. The van der Waals surface area contributed by atoms with Crippen LogP contribution in [-0.4, -0.2) is 15.9 Å². The van der Waals surface area contributed by atoms with Gasteiger partial charge in [0.2, 0.25) is 11.9 Å². The number of anilines is 1. The number of amides is 1. The number of para-hydroxylation sites is 2. The van der Waals surface area contributed by atoms with Crippen molar-refractivity contribution >= 4 is 22.9 Å². The number of rotatable bonds is 4. The molecule has 2 aromatic carbocycles. The first-order chi connectivity index (χ1) is 10.2. The number of nitrogens with one attached hydrogen (secondary N) is 2. The average Bonchev–Trinajstić information content (AvgIpc) is 2.90. The molecule has 1 amide bonds. The minimum absolute atomic E-state index is 0.0367. The number of nitrogens with zero attached hydrogens (tertiary/aromatic N) is 1. The highest BCUT2D eigenvalue weighted by Crippen LogP contribution is 2.19. The second-order valence-electron chi connectivity index (χ2n) is 5.17. The van der Waals surface area contributed by atoms with Gasteiger partial charge in [0.15, 0.2) is 0 Å². The second kappa shape index (κ2) is 5.79. The fraction of sp³-hybridized carbons (Fsp3) is 0.176. The van der Waals surface area contributed by atoms with Crippen LogP contribution in [0.3, 0.4) is 0 Å². The van der Waals surface area contributed by atoms with Gasteiger partial charge in [-0.2, -0.15) is 0 Å². The van der Waals surface area contributed by atoms with E-state index in [2.05, 4.69) is 15.3 Å². The molecule has 1 heterocycles. The number of aromatic nitrogens is 2. The predicted molar refractivity (Wildman–Crippen MR) is 84.2 cm³/mol. The molecule has 0 radical (unpaired) electrons. The maximum Gasteiger partial charge on any atom is 0.227 e. The Labute approximate surface area is 123 Å².